The second kappa shape index (κ2) is 10.7. The van der Waals surface area contributed by atoms with Crippen molar-refractivity contribution in [2.75, 3.05) is 23.7 Å². The number of rotatable bonds is 9. The minimum Gasteiger partial charge on any atom is -0.372 e. The van der Waals surface area contributed by atoms with Crippen molar-refractivity contribution in [2.45, 2.75) is 26.1 Å². The van der Waals surface area contributed by atoms with E-state index in [1.54, 1.807) is 17.8 Å². The fraction of sp³-hybridized carbons (Fsp3) is 0.350. The number of hydrogen-bond donors (Lipinski definition) is 1. The molecule has 0 aliphatic carbocycles. The molecule has 3 nitrogen and oxygen atoms in total. The summed E-state index contributed by atoms with van der Waals surface area (Å²) in [6.07, 6.45) is 0. The van der Waals surface area contributed by atoms with E-state index in [-0.39, 0.29) is 5.91 Å². The number of halogens is 2. The van der Waals surface area contributed by atoms with Gasteiger partial charge in [-0.3, -0.25) is 4.79 Å². The maximum absolute atomic E-state index is 12.0. The number of carbonyl (C=O) groups is 1. The van der Waals surface area contributed by atoms with Crippen LogP contribution in [0.2, 0.25) is 10.0 Å². The monoisotopic (exact) mass is 410 g/mol. The highest BCUT2D eigenvalue weighted by molar-refractivity contribution is 7.99. The van der Waals surface area contributed by atoms with Gasteiger partial charge in [0.2, 0.25) is 5.91 Å². The van der Waals surface area contributed by atoms with Gasteiger partial charge in [0.15, 0.2) is 0 Å². The molecule has 26 heavy (non-hydrogen) atoms. The van der Waals surface area contributed by atoms with Crippen LogP contribution in [-0.2, 0) is 17.1 Å². The van der Waals surface area contributed by atoms with Gasteiger partial charge in [-0.1, -0.05) is 41.4 Å². The lowest BCUT2D eigenvalue weighted by atomic mass is 10.2. The second-order valence-electron chi connectivity index (χ2n) is 5.86. The lowest BCUT2D eigenvalue weighted by Gasteiger charge is -2.21. The molecular weight excluding hydrogens is 387 g/mol. The van der Waals surface area contributed by atoms with Crippen molar-refractivity contribution in [1.29, 1.82) is 0 Å². The maximum atomic E-state index is 12.0. The van der Waals surface area contributed by atoms with Gasteiger partial charge in [-0.05, 0) is 49.2 Å². The Morgan fingerprint density at radius 1 is 1.00 bits per heavy atom. The van der Waals surface area contributed by atoms with Gasteiger partial charge in [0, 0.05) is 31.1 Å². The van der Waals surface area contributed by atoms with E-state index >= 15 is 0 Å². The lowest BCUT2D eigenvalue weighted by Crippen LogP contribution is -2.25. The number of thioether (sulfide) groups is 1. The van der Waals surface area contributed by atoms with Crippen molar-refractivity contribution in [2.24, 2.45) is 0 Å². The zero-order chi connectivity index (χ0) is 18.9. The Morgan fingerprint density at radius 3 is 2.27 bits per heavy atom. The summed E-state index contributed by atoms with van der Waals surface area (Å²) in [5.41, 5.74) is 3.37. The molecule has 0 fully saturated rings. The summed E-state index contributed by atoms with van der Waals surface area (Å²) in [5.74, 6) is 1.17. The molecule has 0 bridgehead atoms. The van der Waals surface area contributed by atoms with Gasteiger partial charge < -0.3 is 10.2 Å². The van der Waals surface area contributed by atoms with Crippen LogP contribution >= 0.6 is 35.0 Å². The van der Waals surface area contributed by atoms with Crippen LogP contribution in [-0.4, -0.2) is 24.7 Å². The highest BCUT2D eigenvalue weighted by Crippen LogP contribution is 2.24. The first-order valence-electron chi connectivity index (χ1n) is 8.65. The molecule has 6 heteroatoms. The molecule has 0 spiro atoms. The van der Waals surface area contributed by atoms with Crippen molar-refractivity contribution in [3.8, 4) is 0 Å². The molecule has 0 saturated carbocycles. The molecular formula is C20H24Cl2N2OS. The Kier molecular flexibility index (Phi) is 8.63. The van der Waals surface area contributed by atoms with Crippen molar-refractivity contribution >= 4 is 46.6 Å². The Hall–Kier alpha value is -1.36. The van der Waals surface area contributed by atoms with Crippen LogP contribution in [0.5, 0.6) is 0 Å². The predicted molar refractivity (Wildman–Crippen MR) is 114 cm³/mol. The summed E-state index contributed by atoms with van der Waals surface area (Å²) in [6, 6.07) is 13.9. The molecule has 0 aliphatic heterocycles. The van der Waals surface area contributed by atoms with Crippen LogP contribution in [0, 0.1) is 0 Å². The number of benzene rings is 2. The normalized spacial score (nSPS) is 10.6. The highest BCUT2D eigenvalue weighted by Gasteiger charge is 2.05. The van der Waals surface area contributed by atoms with Crippen molar-refractivity contribution in [3.63, 3.8) is 0 Å². The fourth-order valence-electron chi connectivity index (χ4n) is 2.56. The third-order valence-corrected chi connectivity index (χ3v) is 5.78. The molecule has 2 aromatic carbocycles. The molecule has 2 rings (SSSR count). The van der Waals surface area contributed by atoms with Gasteiger partial charge in [-0.25, -0.2) is 0 Å². The first-order chi connectivity index (χ1) is 12.5. The molecule has 140 valence electrons. The van der Waals surface area contributed by atoms with Crippen molar-refractivity contribution in [1.82, 2.24) is 5.32 Å². The van der Waals surface area contributed by atoms with E-state index < -0.39 is 0 Å². The van der Waals surface area contributed by atoms with Gasteiger partial charge in [0.05, 0.1) is 15.8 Å². The number of amides is 1. The van der Waals surface area contributed by atoms with Gasteiger partial charge in [0.25, 0.3) is 0 Å². The zero-order valence-corrected chi connectivity index (χ0v) is 17.4. The second-order valence-corrected chi connectivity index (χ2v) is 7.66. The van der Waals surface area contributed by atoms with Gasteiger partial charge in [0.1, 0.15) is 0 Å². The molecule has 0 heterocycles. The average Bonchev–Trinajstić information content (AvgIpc) is 2.65. The quantitative estimate of drug-likeness (QED) is 0.601. The first-order valence-corrected chi connectivity index (χ1v) is 10.6. The molecule has 0 saturated heterocycles. The van der Waals surface area contributed by atoms with E-state index in [0.29, 0.717) is 22.3 Å². The zero-order valence-electron chi connectivity index (χ0n) is 15.1. The first kappa shape index (κ1) is 20.9. The molecule has 0 aromatic heterocycles. The third-order valence-electron chi connectivity index (χ3n) is 4.04. The molecule has 0 atom stereocenters. The van der Waals surface area contributed by atoms with Crippen molar-refractivity contribution in [3.05, 3.63) is 63.6 Å². The summed E-state index contributed by atoms with van der Waals surface area (Å²) in [5, 5.41) is 4.05. The molecule has 2 aromatic rings. The van der Waals surface area contributed by atoms with Gasteiger partial charge in [-0.15, -0.1) is 11.8 Å². The Labute approximate surface area is 170 Å². The molecule has 1 amide bonds. The van der Waals surface area contributed by atoms with E-state index in [1.165, 1.54) is 5.69 Å². The standard InChI is InChI=1S/C20H24Cl2N2OS/c1-3-24(4-2)17-8-5-15(6-9-17)12-23-20(25)14-26-13-16-7-10-18(21)19(22)11-16/h5-11H,3-4,12-14H2,1-2H3,(H,23,25). The summed E-state index contributed by atoms with van der Waals surface area (Å²) in [6.45, 7) is 6.82. The van der Waals surface area contributed by atoms with Crippen LogP contribution in [0.3, 0.4) is 0 Å². The predicted octanol–water partition coefficient (Wildman–Crippen LogP) is 5.39. The number of hydrogen-bond acceptors (Lipinski definition) is 3. The van der Waals surface area contributed by atoms with E-state index in [2.05, 4.69) is 48.3 Å². The summed E-state index contributed by atoms with van der Waals surface area (Å²) in [4.78, 5) is 14.3. The minimum atomic E-state index is 0.0304. The maximum Gasteiger partial charge on any atom is 0.230 e. The van der Waals surface area contributed by atoms with Gasteiger partial charge >= 0.3 is 0 Å². The van der Waals surface area contributed by atoms with Crippen molar-refractivity contribution < 1.29 is 4.79 Å². The van der Waals surface area contributed by atoms with Crippen LogP contribution in [0.15, 0.2) is 42.5 Å². The van der Waals surface area contributed by atoms with E-state index in [0.717, 1.165) is 30.0 Å². The average molecular weight is 411 g/mol. The smallest absolute Gasteiger partial charge is 0.230 e. The summed E-state index contributed by atoms with van der Waals surface area (Å²) >= 11 is 13.5. The van der Waals surface area contributed by atoms with Crippen LogP contribution in [0.4, 0.5) is 5.69 Å². The molecule has 1 N–H and O–H groups in total. The Bertz CT molecular complexity index is 718. The highest BCUT2D eigenvalue weighted by atomic mass is 35.5. The number of nitrogens with zero attached hydrogens (tertiary/aromatic N) is 1. The Morgan fingerprint density at radius 2 is 1.65 bits per heavy atom. The fourth-order valence-corrected chi connectivity index (χ4v) is 3.68. The molecule has 0 radical (unpaired) electrons. The molecule has 0 aliphatic rings. The largest absolute Gasteiger partial charge is 0.372 e. The van der Waals surface area contributed by atoms with Gasteiger partial charge in [-0.2, -0.15) is 0 Å². The number of carbonyl (C=O) groups excluding carboxylic acids is 1. The van der Waals surface area contributed by atoms with Crippen LogP contribution < -0.4 is 10.2 Å². The summed E-state index contributed by atoms with van der Waals surface area (Å²) < 4.78 is 0. The SMILES string of the molecule is CCN(CC)c1ccc(CNC(=O)CSCc2ccc(Cl)c(Cl)c2)cc1. The minimum absolute atomic E-state index is 0.0304. The lowest BCUT2D eigenvalue weighted by molar-refractivity contribution is -0.118. The third kappa shape index (κ3) is 6.42. The van der Waals surface area contributed by atoms with E-state index in [1.807, 2.05) is 12.1 Å². The number of nitrogens with one attached hydrogen (secondary N) is 1. The van der Waals surface area contributed by atoms with Crippen LogP contribution in [0.25, 0.3) is 0 Å². The van der Waals surface area contributed by atoms with Crippen LogP contribution in [0.1, 0.15) is 25.0 Å². The summed E-state index contributed by atoms with van der Waals surface area (Å²) in [7, 11) is 0. The van der Waals surface area contributed by atoms with E-state index in [9.17, 15) is 4.79 Å². The number of anilines is 1. The van der Waals surface area contributed by atoms with E-state index in [4.69, 9.17) is 23.2 Å². The molecule has 0 unspecified atom stereocenters. The topological polar surface area (TPSA) is 32.3 Å². The Balaban J connectivity index is 1.73.